The highest BCUT2D eigenvalue weighted by Gasteiger charge is 2.18. The Bertz CT molecular complexity index is 651. The maximum Gasteiger partial charge on any atom is 0.340 e. The fourth-order valence-electron chi connectivity index (χ4n) is 1.78. The van der Waals surface area contributed by atoms with E-state index in [4.69, 9.17) is 4.74 Å². The highest BCUT2D eigenvalue weighted by Crippen LogP contribution is 2.26. The van der Waals surface area contributed by atoms with Crippen LogP contribution in [-0.4, -0.2) is 25.6 Å². The molecule has 2 aromatic rings. The Hall–Kier alpha value is -2.34. The van der Waals surface area contributed by atoms with Crippen molar-refractivity contribution in [1.82, 2.24) is 0 Å². The Morgan fingerprint density at radius 3 is 2.67 bits per heavy atom. The standard InChI is InChI=1S/C15H15NO4S/c1-3-20-12-7-5-4-6-10(12)13(17)16-14-11(8-9-21-14)15(18)19-2/h4-9H,3H2,1-2H3,(H,16,17). The Balaban J connectivity index is 2.23. The third-order valence-electron chi connectivity index (χ3n) is 2.73. The van der Waals surface area contributed by atoms with Crippen LogP contribution in [0.3, 0.4) is 0 Å². The molecule has 0 saturated carbocycles. The summed E-state index contributed by atoms with van der Waals surface area (Å²) in [6.07, 6.45) is 0. The molecule has 0 atom stereocenters. The number of nitrogens with one attached hydrogen (secondary N) is 1. The van der Waals surface area contributed by atoms with Crippen molar-refractivity contribution in [1.29, 1.82) is 0 Å². The zero-order chi connectivity index (χ0) is 15.2. The molecule has 6 heteroatoms. The molecular formula is C15H15NO4S. The first-order valence-electron chi connectivity index (χ1n) is 6.36. The number of rotatable bonds is 5. The Labute approximate surface area is 126 Å². The predicted octanol–water partition coefficient (Wildman–Crippen LogP) is 3.19. The molecule has 21 heavy (non-hydrogen) atoms. The minimum absolute atomic E-state index is 0.327. The summed E-state index contributed by atoms with van der Waals surface area (Å²) < 4.78 is 10.1. The van der Waals surface area contributed by atoms with Gasteiger partial charge < -0.3 is 14.8 Å². The van der Waals surface area contributed by atoms with Crippen molar-refractivity contribution in [2.24, 2.45) is 0 Å². The fraction of sp³-hybridized carbons (Fsp3) is 0.200. The van der Waals surface area contributed by atoms with Crippen molar-refractivity contribution >= 4 is 28.2 Å². The largest absolute Gasteiger partial charge is 0.493 e. The summed E-state index contributed by atoms with van der Waals surface area (Å²) in [5, 5.41) is 4.89. The number of carbonyl (C=O) groups is 2. The van der Waals surface area contributed by atoms with Crippen LogP contribution in [0.25, 0.3) is 0 Å². The second kappa shape index (κ2) is 6.90. The number of methoxy groups -OCH3 is 1. The van der Waals surface area contributed by atoms with E-state index in [-0.39, 0.29) is 5.91 Å². The van der Waals surface area contributed by atoms with Crippen LogP contribution in [0.15, 0.2) is 35.7 Å². The van der Waals surface area contributed by atoms with Crippen molar-refractivity contribution in [2.45, 2.75) is 6.92 Å². The molecule has 0 radical (unpaired) electrons. The summed E-state index contributed by atoms with van der Waals surface area (Å²) in [6, 6.07) is 8.57. The van der Waals surface area contributed by atoms with Crippen LogP contribution in [0, 0.1) is 0 Å². The summed E-state index contributed by atoms with van der Waals surface area (Å²) in [5.74, 6) is -0.301. The van der Waals surface area contributed by atoms with Crippen LogP contribution < -0.4 is 10.1 Å². The zero-order valence-electron chi connectivity index (χ0n) is 11.7. The monoisotopic (exact) mass is 305 g/mol. The molecule has 5 nitrogen and oxygen atoms in total. The topological polar surface area (TPSA) is 64.6 Å². The van der Waals surface area contributed by atoms with Gasteiger partial charge in [0.1, 0.15) is 10.8 Å². The van der Waals surface area contributed by atoms with E-state index in [1.807, 2.05) is 6.92 Å². The van der Waals surface area contributed by atoms with E-state index < -0.39 is 5.97 Å². The van der Waals surface area contributed by atoms with E-state index in [0.717, 1.165) is 0 Å². The van der Waals surface area contributed by atoms with Gasteiger partial charge in [0, 0.05) is 0 Å². The first-order valence-corrected chi connectivity index (χ1v) is 7.24. The van der Waals surface area contributed by atoms with Gasteiger partial charge in [0.05, 0.1) is 24.8 Å². The third-order valence-corrected chi connectivity index (χ3v) is 3.56. The van der Waals surface area contributed by atoms with Crippen LogP contribution in [0.4, 0.5) is 5.00 Å². The summed E-state index contributed by atoms with van der Waals surface area (Å²) in [4.78, 5) is 23.9. The van der Waals surface area contributed by atoms with E-state index in [2.05, 4.69) is 10.1 Å². The lowest BCUT2D eigenvalue weighted by molar-refractivity contribution is 0.0602. The van der Waals surface area contributed by atoms with Crippen molar-refractivity contribution in [3.05, 3.63) is 46.8 Å². The number of ether oxygens (including phenoxy) is 2. The Morgan fingerprint density at radius 2 is 1.95 bits per heavy atom. The molecule has 110 valence electrons. The molecule has 1 N–H and O–H groups in total. The number of amides is 1. The summed E-state index contributed by atoms with van der Waals surface area (Å²) >= 11 is 1.26. The maximum atomic E-state index is 12.3. The van der Waals surface area contributed by atoms with Crippen LogP contribution >= 0.6 is 11.3 Å². The second-order valence-corrected chi connectivity index (χ2v) is 4.95. The predicted molar refractivity (Wildman–Crippen MR) is 81.2 cm³/mol. The van der Waals surface area contributed by atoms with E-state index >= 15 is 0 Å². The van der Waals surface area contributed by atoms with Gasteiger partial charge in [0.15, 0.2) is 0 Å². The molecule has 1 amide bonds. The van der Waals surface area contributed by atoms with Gasteiger partial charge in [-0.05, 0) is 30.5 Å². The lowest BCUT2D eigenvalue weighted by atomic mass is 10.2. The summed E-state index contributed by atoms with van der Waals surface area (Å²) in [5.41, 5.74) is 0.758. The highest BCUT2D eigenvalue weighted by atomic mass is 32.1. The Morgan fingerprint density at radius 1 is 1.19 bits per heavy atom. The third kappa shape index (κ3) is 3.41. The van der Waals surface area contributed by atoms with Gasteiger partial charge in [0.25, 0.3) is 5.91 Å². The number of carbonyl (C=O) groups excluding carboxylic acids is 2. The Kier molecular flexibility index (Phi) is 4.94. The molecular weight excluding hydrogens is 290 g/mol. The van der Waals surface area contributed by atoms with Gasteiger partial charge >= 0.3 is 5.97 Å². The highest BCUT2D eigenvalue weighted by molar-refractivity contribution is 7.14. The average molecular weight is 305 g/mol. The van der Waals surface area contributed by atoms with Gasteiger partial charge in [-0.25, -0.2) is 4.79 Å². The second-order valence-electron chi connectivity index (χ2n) is 4.04. The minimum Gasteiger partial charge on any atom is -0.493 e. The molecule has 1 aromatic heterocycles. The molecule has 2 rings (SSSR count). The molecule has 0 fully saturated rings. The van der Waals surface area contributed by atoms with E-state index in [0.29, 0.717) is 28.5 Å². The number of benzene rings is 1. The molecule has 0 bridgehead atoms. The van der Waals surface area contributed by atoms with Gasteiger partial charge in [-0.15, -0.1) is 11.3 Å². The number of hydrogen-bond acceptors (Lipinski definition) is 5. The van der Waals surface area contributed by atoms with Crippen LogP contribution in [0.1, 0.15) is 27.6 Å². The van der Waals surface area contributed by atoms with Crippen LogP contribution in [-0.2, 0) is 4.74 Å². The average Bonchev–Trinajstić information content (AvgIpc) is 2.95. The fourth-order valence-corrected chi connectivity index (χ4v) is 2.55. The van der Waals surface area contributed by atoms with Crippen molar-refractivity contribution in [3.8, 4) is 5.75 Å². The van der Waals surface area contributed by atoms with Crippen molar-refractivity contribution in [3.63, 3.8) is 0 Å². The number of para-hydroxylation sites is 1. The van der Waals surface area contributed by atoms with E-state index in [1.54, 1.807) is 35.7 Å². The molecule has 0 saturated heterocycles. The number of esters is 1. The SMILES string of the molecule is CCOc1ccccc1C(=O)Nc1sccc1C(=O)OC. The number of hydrogen-bond donors (Lipinski definition) is 1. The van der Waals surface area contributed by atoms with Crippen molar-refractivity contribution < 1.29 is 19.1 Å². The molecule has 0 aliphatic heterocycles. The first kappa shape index (κ1) is 15.1. The van der Waals surface area contributed by atoms with Gasteiger partial charge in [-0.1, -0.05) is 12.1 Å². The summed E-state index contributed by atoms with van der Waals surface area (Å²) in [6.45, 7) is 2.32. The van der Waals surface area contributed by atoms with Crippen molar-refractivity contribution in [2.75, 3.05) is 19.0 Å². The smallest absolute Gasteiger partial charge is 0.340 e. The number of thiophene rings is 1. The molecule has 0 aliphatic carbocycles. The molecule has 0 unspecified atom stereocenters. The van der Waals surface area contributed by atoms with Gasteiger partial charge in [-0.2, -0.15) is 0 Å². The first-order chi connectivity index (χ1) is 10.2. The van der Waals surface area contributed by atoms with E-state index in [1.165, 1.54) is 18.4 Å². The lowest BCUT2D eigenvalue weighted by Crippen LogP contribution is -2.15. The molecule has 1 heterocycles. The number of anilines is 1. The summed E-state index contributed by atoms with van der Waals surface area (Å²) in [7, 11) is 1.30. The molecule has 1 aromatic carbocycles. The van der Waals surface area contributed by atoms with Gasteiger partial charge in [0.2, 0.25) is 0 Å². The zero-order valence-corrected chi connectivity index (χ0v) is 12.5. The molecule has 0 aliphatic rings. The minimum atomic E-state index is -0.482. The van der Waals surface area contributed by atoms with E-state index in [9.17, 15) is 9.59 Å². The normalized spacial score (nSPS) is 10.0. The maximum absolute atomic E-state index is 12.3. The van der Waals surface area contributed by atoms with Crippen LogP contribution in [0.5, 0.6) is 5.75 Å². The van der Waals surface area contributed by atoms with Crippen LogP contribution in [0.2, 0.25) is 0 Å². The molecule has 0 spiro atoms. The lowest BCUT2D eigenvalue weighted by Gasteiger charge is -2.10. The van der Waals surface area contributed by atoms with Gasteiger partial charge in [-0.3, -0.25) is 4.79 Å². The quantitative estimate of drug-likeness (QED) is 0.862.